The minimum atomic E-state index is -0.402. The van der Waals surface area contributed by atoms with Crippen LogP contribution in [0.5, 0.6) is 5.75 Å². The molecule has 0 spiro atoms. The highest BCUT2D eigenvalue weighted by Crippen LogP contribution is 2.30. The Bertz CT molecular complexity index is 947. The van der Waals surface area contributed by atoms with Gasteiger partial charge in [-0.1, -0.05) is 23.7 Å². The lowest BCUT2D eigenvalue weighted by molar-refractivity contribution is -0.116. The molecule has 2 heterocycles. The molecule has 158 valence electrons. The van der Waals surface area contributed by atoms with Gasteiger partial charge >= 0.3 is 0 Å². The number of carbonyl (C=O) groups is 1. The molecule has 2 aromatic carbocycles. The molecule has 0 radical (unpaired) electrons. The number of fused-ring (bicyclic) bond motifs is 1. The summed E-state index contributed by atoms with van der Waals surface area (Å²) in [6, 6.07) is 12.0. The highest BCUT2D eigenvalue weighted by Gasteiger charge is 2.22. The Hall–Kier alpha value is -2.37. The van der Waals surface area contributed by atoms with E-state index in [0.717, 1.165) is 50.2 Å². The largest absolute Gasteiger partial charge is 0.489 e. The maximum atomic E-state index is 13.7. The fourth-order valence-corrected chi connectivity index (χ4v) is 4.40. The van der Waals surface area contributed by atoms with E-state index < -0.39 is 5.82 Å². The number of likely N-dealkylation sites (tertiary alicyclic amines) is 1. The maximum absolute atomic E-state index is 13.7. The van der Waals surface area contributed by atoms with Crippen molar-refractivity contribution >= 4 is 29.3 Å². The number of rotatable bonds is 6. The molecule has 30 heavy (non-hydrogen) atoms. The lowest BCUT2D eigenvalue weighted by atomic mass is 9.92. The summed E-state index contributed by atoms with van der Waals surface area (Å²) in [5, 5.41) is 3.39. The van der Waals surface area contributed by atoms with Crippen LogP contribution in [0.2, 0.25) is 5.02 Å². The van der Waals surface area contributed by atoms with E-state index in [1.54, 1.807) is 18.2 Å². The SMILES string of the molecule is O=C(CC[C@@H]1CCCN(CC2=Cc3cc(Cl)ccc3OC2)C1)Nc1ccccc1F. The van der Waals surface area contributed by atoms with Crippen LogP contribution < -0.4 is 10.1 Å². The number of piperidine rings is 1. The van der Waals surface area contributed by atoms with Gasteiger partial charge in [0.2, 0.25) is 5.91 Å². The van der Waals surface area contributed by atoms with Crippen LogP contribution in [0.15, 0.2) is 48.0 Å². The van der Waals surface area contributed by atoms with Gasteiger partial charge in [-0.2, -0.15) is 0 Å². The number of hydrogen-bond acceptors (Lipinski definition) is 3. The minimum absolute atomic E-state index is 0.130. The van der Waals surface area contributed by atoms with E-state index >= 15 is 0 Å². The summed E-state index contributed by atoms with van der Waals surface area (Å²) in [5.74, 6) is 0.812. The second kappa shape index (κ2) is 9.63. The van der Waals surface area contributed by atoms with Crippen LogP contribution in [0.1, 0.15) is 31.2 Å². The zero-order valence-corrected chi connectivity index (χ0v) is 17.6. The van der Waals surface area contributed by atoms with Gasteiger partial charge in [0, 0.05) is 30.1 Å². The van der Waals surface area contributed by atoms with Crippen molar-refractivity contribution in [1.29, 1.82) is 0 Å². The van der Waals surface area contributed by atoms with Crippen LogP contribution in [-0.4, -0.2) is 37.0 Å². The van der Waals surface area contributed by atoms with Gasteiger partial charge in [-0.25, -0.2) is 4.39 Å². The molecule has 0 unspecified atom stereocenters. The van der Waals surface area contributed by atoms with Gasteiger partial charge in [-0.05, 0) is 73.7 Å². The predicted octanol–water partition coefficient (Wildman–Crippen LogP) is 5.39. The molecule has 0 aliphatic carbocycles. The lowest BCUT2D eigenvalue weighted by Crippen LogP contribution is -2.37. The molecule has 4 rings (SSSR count). The second-order valence-corrected chi connectivity index (χ2v) is 8.52. The molecule has 2 aromatic rings. The van der Waals surface area contributed by atoms with Crippen molar-refractivity contribution < 1.29 is 13.9 Å². The van der Waals surface area contributed by atoms with E-state index in [0.29, 0.717) is 24.0 Å². The summed E-state index contributed by atoms with van der Waals surface area (Å²) in [6.45, 7) is 3.48. The Morgan fingerprint density at radius 1 is 1.27 bits per heavy atom. The lowest BCUT2D eigenvalue weighted by Gasteiger charge is -2.34. The first-order valence-electron chi connectivity index (χ1n) is 10.5. The standard InChI is InChI=1S/C24H26ClFN2O2/c25-20-8-9-23-19(13-20)12-18(16-30-23)15-28-11-3-4-17(14-28)7-10-24(29)27-22-6-2-1-5-21(22)26/h1-2,5-6,8-9,12-13,17H,3-4,7,10-11,14-16H2,(H,27,29)/t17-/m0/s1. The molecule has 4 nitrogen and oxygen atoms in total. The van der Waals surface area contributed by atoms with Crippen molar-refractivity contribution in [1.82, 2.24) is 4.90 Å². The van der Waals surface area contributed by atoms with E-state index in [1.165, 1.54) is 11.6 Å². The normalized spacial score (nSPS) is 18.9. The molecule has 1 atom stereocenters. The molecule has 2 aliphatic rings. The van der Waals surface area contributed by atoms with Gasteiger partial charge < -0.3 is 10.1 Å². The van der Waals surface area contributed by atoms with Crippen molar-refractivity contribution in [2.75, 3.05) is 31.6 Å². The highest BCUT2D eigenvalue weighted by molar-refractivity contribution is 6.30. The molecular formula is C24H26ClFN2O2. The highest BCUT2D eigenvalue weighted by atomic mass is 35.5. The fraction of sp³-hybridized carbons (Fsp3) is 0.375. The Balaban J connectivity index is 1.27. The summed E-state index contributed by atoms with van der Waals surface area (Å²) in [5.41, 5.74) is 2.52. The molecular weight excluding hydrogens is 403 g/mol. The summed E-state index contributed by atoms with van der Waals surface area (Å²) < 4.78 is 19.6. The molecule has 1 fully saturated rings. The van der Waals surface area contributed by atoms with Crippen molar-refractivity contribution in [3.05, 3.63) is 64.4 Å². The van der Waals surface area contributed by atoms with Crippen molar-refractivity contribution in [2.45, 2.75) is 25.7 Å². The van der Waals surface area contributed by atoms with Gasteiger partial charge in [0.05, 0.1) is 5.69 Å². The Morgan fingerprint density at radius 2 is 2.13 bits per heavy atom. The van der Waals surface area contributed by atoms with Gasteiger partial charge in [0.25, 0.3) is 0 Å². The van der Waals surface area contributed by atoms with Crippen LogP contribution in [0.4, 0.5) is 10.1 Å². The smallest absolute Gasteiger partial charge is 0.224 e. The molecule has 6 heteroatoms. The molecule has 1 amide bonds. The average molecular weight is 429 g/mol. The number of anilines is 1. The van der Waals surface area contributed by atoms with E-state index in [2.05, 4.69) is 16.3 Å². The average Bonchev–Trinajstić information content (AvgIpc) is 2.74. The minimum Gasteiger partial charge on any atom is -0.489 e. The van der Waals surface area contributed by atoms with Crippen molar-refractivity contribution in [3.8, 4) is 5.75 Å². The number of carbonyl (C=O) groups excluding carboxylic acids is 1. The second-order valence-electron chi connectivity index (χ2n) is 8.08. The number of nitrogens with one attached hydrogen (secondary N) is 1. The fourth-order valence-electron chi connectivity index (χ4n) is 4.22. The van der Waals surface area contributed by atoms with E-state index in [1.807, 2.05) is 18.2 Å². The molecule has 1 saturated heterocycles. The Labute approximate surface area is 181 Å². The molecule has 0 bridgehead atoms. The summed E-state index contributed by atoms with van der Waals surface area (Å²) in [7, 11) is 0. The Morgan fingerprint density at radius 3 is 3.00 bits per heavy atom. The van der Waals surface area contributed by atoms with Crippen molar-refractivity contribution in [3.63, 3.8) is 0 Å². The van der Waals surface area contributed by atoms with E-state index in [9.17, 15) is 9.18 Å². The number of halogens is 2. The van der Waals surface area contributed by atoms with Gasteiger partial charge in [0.15, 0.2) is 0 Å². The zero-order valence-electron chi connectivity index (χ0n) is 16.9. The zero-order chi connectivity index (χ0) is 20.9. The maximum Gasteiger partial charge on any atom is 0.224 e. The molecule has 2 aliphatic heterocycles. The number of nitrogens with zero attached hydrogens (tertiary/aromatic N) is 1. The third-order valence-electron chi connectivity index (χ3n) is 5.70. The topological polar surface area (TPSA) is 41.6 Å². The van der Waals surface area contributed by atoms with Gasteiger partial charge in [-0.3, -0.25) is 9.69 Å². The molecule has 0 saturated carbocycles. The van der Waals surface area contributed by atoms with Crippen LogP contribution in [0.25, 0.3) is 6.08 Å². The van der Waals surface area contributed by atoms with Crippen molar-refractivity contribution in [2.24, 2.45) is 5.92 Å². The summed E-state index contributed by atoms with van der Waals surface area (Å²) >= 11 is 6.11. The molecule has 0 aromatic heterocycles. The predicted molar refractivity (Wildman–Crippen MR) is 118 cm³/mol. The van der Waals surface area contributed by atoms with Crippen LogP contribution in [-0.2, 0) is 4.79 Å². The number of para-hydroxylation sites is 1. The van der Waals surface area contributed by atoms with Crippen LogP contribution >= 0.6 is 11.6 Å². The summed E-state index contributed by atoms with van der Waals surface area (Å²) in [4.78, 5) is 14.7. The number of amides is 1. The van der Waals surface area contributed by atoms with Gasteiger partial charge in [0.1, 0.15) is 18.2 Å². The third-order valence-corrected chi connectivity index (χ3v) is 5.94. The van der Waals surface area contributed by atoms with Gasteiger partial charge in [-0.15, -0.1) is 0 Å². The van der Waals surface area contributed by atoms with Crippen LogP contribution in [0.3, 0.4) is 0 Å². The Kier molecular flexibility index (Phi) is 6.70. The van der Waals surface area contributed by atoms with E-state index in [4.69, 9.17) is 16.3 Å². The first kappa shape index (κ1) is 20.9. The first-order valence-corrected chi connectivity index (χ1v) is 10.8. The third kappa shape index (κ3) is 5.41. The first-order chi connectivity index (χ1) is 14.6. The number of ether oxygens (including phenoxy) is 1. The molecule has 1 N–H and O–H groups in total. The van der Waals surface area contributed by atoms with E-state index in [-0.39, 0.29) is 11.6 Å². The monoisotopic (exact) mass is 428 g/mol. The quantitative estimate of drug-likeness (QED) is 0.671. The summed E-state index contributed by atoms with van der Waals surface area (Å²) in [6.07, 6.45) is 5.64. The number of hydrogen-bond donors (Lipinski definition) is 1. The van der Waals surface area contributed by atoms with Crippen LogP contribution in [0, 0.1) is 11.7 Å². The number of benzene rings is 2.